The Hall–Kier alpha value is -4.82. The average molecular weight is 619 g/mol. The van der Waals surface area contributed by atoms with Crippen LogP contribution in [0, 0.1) is 23.7 Å². The first-order valence-electron chi connectivity index (χ1n) is 15.2. The van der Waals surface area contributed by atoms with Crippen LogP contribution >= 0.6 is 0 Å². The normalized spacial score (nSPS) is 20.7. The van der Waals surface area contributed by atoms with Gasteiger partial charge in [0.1, 0.15) is 0 Å². The Morgan fingerprint density at radius 2 is 1.67 bits per heavy atom. The van der Waals surface area contributed by atoms with E-state index < -0.39 is 17.2 Å². The molecule has 0 heterocycles. The highest BCUT2D eigenvalue weighted by Gasteiger charge is 2.32. The Labute approximate surface area is 271 Å². The van der Waals surface area contributed by atoms with Crippen molar-refractivity contribution < 1.29 is 13.2 Å². The van der Waals surface area contributed by atoms with E-state index in [0.29, 0.717) is 34.5 Å². The van der Waals surface area contributed by atoms with Gasteiger partial charge in [0, 0.05) is 16.8 Å². The molecule has 3 aromatic rings. The summed E-state index contributed by atoms with van der Waals surface area (Å²) in [5.74, 6) is 0. The standard InChI is InChI=1S/C41H41F3N2/c1-27(2)37-23-31(33-21-35(41(42,43)44)24-36(22-33)46-29(4)16-18-39(5,6)7)17-19-40(8,34-14-12-28(3)13-15-34)25-38(37)32-11-9-10-30(20-32)26-45/h9-18,20-25,46H,1,4,19H2,2-3,5-8H3/b18-16-,31-17+,37-23+,38-25-. The van der Waals surface area contributed by atoms with Crippen molar-refractivity contribution in [1.82, 2.24) is 0 Å². The molecular weight excluding hydrogens is 577 g/mol. The minimum absolute atomic E-state index is 0.112. The van der Waals surface area contributed by atoms with Crippen LogP contribution in [-0.4, -0.2) is 0 Å². The van der Waals surface area contributed by atoms with E-state index in [4.69, 9.17) is 0 Å². The lowest BCUT2D eigenvalue weighted by molar-refractivity contribution is -0.137. The van der Waals surface area contributed by atoms with Crippen molar-refractivity contribution in [2.45, 2.75) is 59.6 Å². The molecule has 1 atom stereocenters. The van der Waals surface area contributed by atoms with E-state index in [9.17, 15) is 18.4 Å². The van der Waals surface area contributed by atoms with E-state index in [0.717, 1.165) is 39.5 Å². The van der Waals surface area contributed by atoms with Gasteiger partial charge in [-0.3, -0.25) is 0 Å². The van der Waals surface area contributed by atoms with E-state index in [-0.39, 0.29) is 5.41 Å². The van der Waals surface area contributed by atoms with Gasteiger partial charge in [-0.05, 0) is 102 Å². The predicted octanol–water partition coefficient (Wildman–Crippen LogP) is 11.7. The van der Waals surface area contributed by atoms with Crippen molar-refractivity contribution in [3.63, 3.8) is 0 Å². The molecule has 0 radical (unpaired) electrons. The van der Waals surface area contributed by atoms with Crippen LogP contribution < -0.4 is 5.32 Å². The summed E-state index contributed by atoms with van der Waals surface area (Å²) in [4.78, 5) is 0. The number of hydrogen-bond acceptors (Lipinski definition) is 2. The maximum Gasteiger partial charge on any atom is 0.416 e. The number of rotatable bonds is 7. The topological polar surface area (TPSA) is 35.8 Å². The smallest absolute Gasteiger partial charge is 0.356 e. The minimum atomic E-state index is -4.56. The molecule has 0 saturated heterocycles. The molecule has 5 heteroatoms. The SMILES string of the molecule is C=C(/C=C\C(C)(C)C)Nc1cc(C2=C\CC(C)(c3ccc(C)cc3)\C=C(c3cccc(C#N)c3)/C(C(=C)C)=C/2)cc(C(F)(F)F)c1. The van der Waals surface area contributed by atoms with Gasteiger partial charge in [0.05, 0.1) is 17.2 Å². The van der Waals surface area contributed by atoms with Crippen molar-refractivity contribution >= 4 is 16.8 Å². The Kier molecular flexibility index (Phi) is 9.82. The zero-order chi connectivity index (χ0) is 33.9. The summed E-state index contributed by atoms with van der Waals surface area (Å²) >= 11 is 0. The van der Waals surface area contributed by atoms with E-state index in [1.54, 1.807) is 18.2 Å². The van der Waals surface area contributed by atoms with Gasteiger partial charge in [-0.1, -0.05) is 107 Å². The summed E-state index contributed by atoms with van der Waals surface area (Å²) in [6.07, 6.45) is 5.83. The first-order valence-corrected chi connectivity index (χ1v) is 15.2. The number of nitriles is 1. The van der Waals surface area contributed by atoms with Crippen LogP contribution in [-0.2, 0) is 11.6 Å². The molecule has 2 nitrogen and oxygen atoms in total. The van der Waals surface area contributed by atoms with Gasteiger partial charge in [0.25, 0.3) is 0 Å². The second-order valence-electron chi connectivity index (χ2n) is 13.4. The second kappa shape index (κ2) is 13.3. The van der Waals surface area contributed by atoms with Crippen molar-refractivity contribution in [3.05, 3.63) is 160 Å². The van der Waals surface area contributed by atoms with Crippen LogP contribution in [0.5, 0.6) is 0 Å². The van der Waals surface area contributed by atoms with Crippen molar-refractivity contribution in [3.8, 4) is 6.07 Å². The van der Waals surface area contributed by atoms with Crippen LogP contribution in [0.3, 0.4) is 0 Å². The number of aryl methyl sites for hydroxylation is 1. The highest BCUT2D eigenvalue weighted by molar-refractivity contribution is 5.91. The molecule has 0 aromatic heterocycles. The first kappa shape index (κ1) is 34.1. The zero-order valence-electron chi connectivity index (χ0n) is 27.4. The molecule has 236 valence electrons. The van der Waals surface area contributed by atoms with Gasteiger partial charge >= 0.3 is 6.18 Å². The first-order chi connectivity index (χ1) is 21.5. The molecule has 0 fully saturated rings. The summed E-state index contributed by atoms with van der Waals surface area (Å²) in [5, 5.41) is 12.7. The van der Waals surface area contributed by atoms with Crippen LogP contribution in [0.4, 0.5) is 18.9 Å². The van der Waals surface area contributed by atoms with Crippen LogP contribution in [0.15, 0.2) is 127 Å². The number of nitrogens with zero attached hydrogens (tertiary/aromatic N) is 1. The lowest BCUT2D eigenvalue weighted by Crippen LogP contribution is -2.20. The highest BCUT2D eigenvalue weighted by atomic mass is 19.4. The van der Waals surface area contributed by atoms with Crippen LogP contribution in [0.25, 0.3) is 11.1 Å². The predicted molar refractivity (Wildman–Crippen MR) is 186 cm³/mol. The van der Waals surface area contributed by atoms with E-state index in [1.165, 1.54) is 6.07 Å². The van der Waals surface area contributed by atoms with Gasteiger partial charge in [0.2, 0.25) is 0 Å². The summed E-state index contributed by atoms with van der Waals surface area (Å²) < 4.78 is 42.9. The second-order valence-corrected chi connectivity index (χ2v) is 13.4. The molecule has 1 unspecified atom stereocenters. The van der Waals surface area contributed by atoms with Crippen molar-refractivity contribution in [1.29, 1.82) is 5.26 Å². The van der Waals surface area contributed by atoms with Crippen molar-refractivity contribution in [2.75, 3.05) is 5.32 Å². The Bertz CT molecular complexity index is 1820. The average Bonchev–Trinajstić information content (AvgIpc) is 2.97. The molecule has 0 bridgehead atoms. The van der Waals surface area contributed by atoms with Crippen LogP contribution in [0.1, 0.15) is 74.4 Å². The largest absolute Gasteiger partial charge is 0.416 e. The third-order valence-electron chi connectivity index (χ3n) is 7.96. The number of allylic oxidation sites excluding steroid dienone is 9. The molecule has 1 aliphatic rings. The van der Waals surface area contributed by atoms with Gasteiger partial charge in [0.15, 0.2) is 0 Å². The lowest BCUT2D eigenvalue weighted by atomic mass is 9.73. The molecule has 4 rings (SSSR count). The number of benzene rings is 3. The minimum Gasteiger partial charge on any atom is -0.356 e. The number of anilines is 1. The molecule has 0 spiro atoms. The van der Waals surface area contributed by atoms with E-state index >= 15 is 0 Å². The summed E-state index contributed by atoms with van der Waals surface area (Å²) in [6.45, 7) is 20.5. The third kappa shape index (κ3) is 8.46. The molecule has 0 saturated carbocycles. The monoisotopic (exact) mass is 618 g/mol. The van der Waals surface area contributed by atoms with Crippen LogP contribution in [0.2, 0.25) is 0 Å². The summed E-state index contributed by atoms with van der Waals surface area (Å²) in [7, 11) is 0. The lowest BCUT2D eigenvalue weighted by Gasteiger charge is -2.30. The zero-order valence-corrected chi connectivity index (χ0v) is 27.4. The molecule has 1 N–H and O–H groups in total. The van der Waals surface area contributed by atoms with E-state index in [1.807, 2.05) is 71.0 Å². The van der Waals surface area contributed by atoms with Crippen molar-refractivity contribution in [2.24, 2.45) is 5.41 Å². The fraction of sp³-hybridized carbons (Fsp3) is 0.244. The van der Waals surface area contributed by atoms with Gasteiger partial charge in [-0.25, -0.2) is 0 Å². The number of halogens is 3. The molecule has 46 heavy (non-hydrogen) atoms. The third-order valence-corrected chi connectivity index (χ3v) is 7.96. The maximum atomic E-state index is 14.3. The number of nitrogens with one attached hydrogen (secondary N) is 1. The van der Waals surface area contributed by atoms with Gasteiger partial charge < -0.3 is 5.32 Å². The molecule has 1 aliphatic carbocycles. The molecule has 3 aromatic carbocycles. The molecular formula is C41H41F3N2. The highest BCUT2D eigenvalue weighted by Crippen LogP contribution is 2.42. The quantitative estimate of drug-likeness (QED) is 0.267. The number of alkyl halides is 3. The number of hydrogen-bond donors (Lipinski definition) is 1. The summed E-state index contributed by atoms with van der Waals surface area (Å²) in [5.41, 5.74) is 6.39. The fourth-order valence-corrected chi connectivity index (χ4v) is 5.36. The molecule has 0 amide bonds. The van der Waals surface area contributed by atoms with E-state index in [2.05, 4.69) is 61.8 Å². The Morgan fingerprint density at radius 3 is 2.28 bits per heavy atom. The Balaban J connectivity index is 1.96. The Morgan fingerprint density at radius 1 is 0.978 bits per heavy atom. The van der Waals surface area contributed by atoms with Gasteiger partial charge in [-0.2, -0.15) is 18.4 Å². The van der Waals surface area contributed by atoms with Gasteiger partial charge in [-0.15, -0.1) is 0 Å². The maximum absolute atomic E-state index is 14.3. The summed E-state index contributed by atoms with van der Waals surface area (Å²) in [6, 6.07) is 22.0. The molecule has 0 aliphatic heterocycles. The fourth-order valence-electron chi connectivity index (χ4n) is 5.36.